The van der Waals surface area contributed by atoms with Gasteiger partial charge in [-0.3, -0.25) is 4.79 Å². The summed E-state index contributed by atoms with van der Waals surface area (Å²) < 4.78 is 6.30. The van der Waals surface area contributed by atoms with E-state index in [1.165, 1.54) is 55.2 Å². The summed E-state index contributed by atoms with van der Waals surface area (Å²) in [6.07, 6.45) is 6.40. The van der Waals surface area contributed by atoms with E-state index in [4.69, 9.17) is 21.3 Å². The number of thioether (sulfide) groups is 1. The Labute approximate surface area is 224 Å². The normalized spacial score (nSPS) is 21.8. The van der Waals surface area contributed by atoms with Crippen LogP contribution in [0.4, 0.5) is 0 Å². The van der Waals surface area contributed by atoms with Gasteiger partial charge in [0.05, 0.1) is 10.7 Å². The van der Waals surface area contributed by atoms with Crippen LogP contribution in [0.5, 0.6) is 5.88 Å². The number of ether oxygens (including phenoxy) is 1. The number of amides is 1. The number of hydrogen-bond acceptors (Lipinski definition) is 6. The molecule has 0 spiro atoms. The molecule has 5 nitrogen and oxygen atoms in total. The number of carbonyl (C=O) groups excluding carboxylic acids is 1. The molecule has 36 heavy (non-hydrogen) atoms. The van der Waals surface area contributed by atoms with Gasteiger partial charge in [-0.2, -0.15) is 11.3 Å². The van der Waals surface area contributed by atoms with Crippen molar-refractivity contribution in [1.82, 2.24) is 10.3 Å². The van der Waals surface area contributed by atoms with Crippen molar-refractivity contribution in [2.45, 2.75) is 62.0 Å². The Morgan fingerprint density at radius 3 is 2.69 bits per heavy atom. The third-order valence-corrected chi connectivity index (χ3v) is 9.40. The Morgan fingerprint density at radius 2 is 1.97 bits per heavy atom. The maximum Gasteiger partial charge on any atom is 0.262 e. The molecule has 188 valence electrons. The van der Waals surface area contributed by atoms with E-state index < -0.39 is 5.54 Å². The number of aliphatic hydroxyl groups excluding tert-OH is 1. The van der Waals surface area contributed by atoms with Gasteiger partial charge >= 0.3 is 0 Å². The topological polar surface area (TPSA) is 71.5 Å². The number of nitrogens with zero attached hydrogens (tertiary/aromatic N) is 1. The third kappa shape index (κ3) is 5.15. The lowest BCUT2D eigenvalue weighted by molar-refractivity contribution is -0.119. The van der Waals surface area contributed by atoms with Gasteiger partial charge in [0.25, 0.3) is 5.91 Å². The molecule has 2 atom stereocenters. The number of benzene rings is 1. The molecule has 3 heterocycles. The van der Waals surface area contributed by atoms with Gasteiger partial charge in [-0.1, -0.05) is 60.8 Å². The van der Waals surface area contributed by atoms with Crippen LogP contribution >= 0.6 is 34.7 Å². The van der Waals surface area contributed by atoms with E-state index in [0.29, 0.717) is 27.4 Å². The molecular formula is C28H29ClN2O3S2. The fourth-order valence-electron chi connectivity index (χ4n) is 5.09. The van der Waals surface area contributed by atoms with Crippen molar-refractivity contribution in [3.63, 3.8) is 0 Å². The third-order valence-electron chi connectivity index (χ3n) is 7.07. The minimum Gasteiger partial charge on any atom is -0.511 e. The monoisotopic (exact) mass is 540 g/mol. The maximum atomic E-state index is 13.4. The van der Waals surface area contributed by atoms with Crippen LogP contribution < -0.4 is 10.1 Å². The molecule has 0 radical (unpaired) electrons. The van der Waals surface area contributed by atoms with Crippen molar-refractivity contribution in [1.29, 1.82) is 0 Å². The van der Waals surface area contributed by atoms with Gasteiger partial charge in [0.15, 0.2) is 0 Å². The van der Waals surface area contributed by atoms with Crippen molar-refractivity contribution >= 4 is 40.6 Å². The first kappa shape index (κ1) is 25.2. The second kappa shape index (κ2) is 10.9. The summed E-state index contributed by atoms with van der Waals surface area (Å²) in [5.41, 5.74) is 0.509. The lowest BCUT2D eigenvalue weighted by atomic mass is 9.82. The fraction of sp³-hybridized carbons (Fsp3) is 0.357. The molecule has 2 aromatic heterocycles. The summed E-state index contributed by atoms with van der Waals surface area (Å²) in [5, 5.41) is 18.8. The number of carbonyl (C=O) groups is 1. The molecule has 5 rings (SSSR count). The Kier molecular flexibility index (Phi) is 7.60. The number of pyridine rings is 1. The number of hydrogen-bond donors (Lipinski definition) is 2. The number of nitrogens with one attached hydrogen (secondary N) is 1. The summed E-state index contributed by atoms with van der Waals surface area (Å²) in [6, 6.07) is 14.9. The first-order valence-electron chi connectivity index (χ1n) is 12.3. The number of aliphatic hydroxyl groups is 1. The average Bonchev–Trinajstić information content (AvgIpc) is 3.44. The van der Waals surface area contributed by atoms with Crippen LogP contribution in [-0.4, -0.2) is 22.1 Å². The Hall–Kier alpha value is -2.48. The highest BCUT2D eigenvalue weighted by atomic mass is 35.5. The number of thiophene rings is 1. The van der Waals surface area contributed by atoms with Gasteiger partial charge in [0.1, 0.15) is 22.3 Å². The minimum absolute atomic E-state index is 0.0126. The molecule has 1 aliphatic carbocycles. The van der Waals surface area contributed by atoms with Crippen LogP contribution in [-0.2, 0) is 10.3 Å². The van der Waals surface area contributed by atoms with Gasteiger partial charge in [0.2, 0.25) is 5.88 Å². The first-order valence-corrected chi connectivity index (χ1v) is 14.4. The van der Waals surface area contributed by atoms with Crippen LogP contribution in [0, 0.1) is 5.92 Å². The summed E-state index contributed by atoms with van der Waals surface area (Å²) in [6.45, 7) is 2.12. The van der Waals surface area contributed by atoms with Crippen molar-refractivity contribution in [3.05, 3.63) is 86.2 Å². The number of rotatable bonds is 7. The van der Waals surface area contributed by atoms with Crippen LogP contribution in [0.15, 0.2) is 74.9 Å². The molecule has 2 aliphatic rings. The molecule has 1 aromatic carbocycles. The van der Waals surface area contributed by atoms with E-state index in [9.17, 15) is 9.90 Å². The number of halogens is 1. The summed E-state index contributed by atoms with van der Waals surface area (Å²) in [5.74, 6) is 0.715. The number of aromatic nitrogens is 1. The zero-order valence-electron chi connectivity index (χ0n) is 20.1. The van der Waals surface area contributed by atoms with E-state index in [0.717, 1.165) is 5.56 Å². The predicted molar refractivity (Wildman–Crippen MR) is 146 cm³/mol. The van der Waals surface area contributed by atoms with E-state index in [-0.39, 0.29) is 29.1 Å². The second-order valence-electron chi connectivity index (χ2n) is 9.44. The van der Waals surface area contributed by atoms with E-state index in [2.05, 4.69) is 12.2 Å². The quantitative estimate of drug-likeness (QED) is 0.325. The van der Waals surface area contributed by atoms with Crippen molar-refractivity contribution < 1.29 is 14.6 Å². The van der Waals surface area contributed by atoms with E-state index >= 15 is 0 Å². The first-order chi connectivity index (χ1) is 17.5. The molecule has 0 saturated heterocycles. The Morgan fingerprint density at radius 1 is 1.17 bits per heavy atom. The molecule has 1 aliphatic heterocycles. The summed E-state index contributed by atoms with van der Waals surface area (Å²) in [4.78, 5) is 19.2. The van der Waals surface area contributed by atoms with E-state index in [1.807, 2.05) is 53.2 Å². The SMILES string of the molecule is CC(Oc1cccc(C2(c3ccsc3)CC(O)=C(Sc3ccccc3Cl)C(=O)N2)n1)C1CCCCC1. The summed E-state index contributed by atoms with van der Waals surface area (Å²) in [7, 11) is 0. The maximum absolute atomic E-state index is 13.4. The zero-order chi connectivity index (χ0) is 25.1. The molecule has 1 fully saturated rings. The highest BCUT2D eigenvalue weighted by Gasteiger charge is 2.44. The Bertz CT molecular complexity index is 1260. The van der Waals surface area contributed by atoms with E-state index in [1.54, 1.807) is 6.07 Å². The molecule has 1 amide bonds. The molecule has 2 unspecified atom stereocenters. The lowest BCUT2D eigenvalue weighted by Crippen LogP contribution is -2.50. The van der Waals surface area contributed by atoms with Gasteiger partial charge < -0.3 is 15.2 Å². The van der Waals surface area contributed by atoms with Crippen molar-refractivity contribution in [3.8, 4) is 5.88 Å². The second-order valence-corrected chi connectivity index (χ2v) is 11.7. The van der Waals surface area contributed by atoms with Crippen molar-refractivity contribution in [2.24, 2.45) is 5.92 Å². The molecule has 2 N–H and O–H groups in total. The largest absolute Gasteiger partial charge is 0.511 e. The van der Waals surface area contributed by atoms with Gasteiger partial charge in [-0.05, 0) is 66.3 Å². The van der Waals surface area contributed by atoms with Crippen molar-refractivity contribution in [2.75, 3.05) is 0 Å². The Balaban J connectivity index is 1.47. The summed E-state index contributed by atoms with van der Waals surface area (Å²) >= 11 is 9.02. The average molecular weight is 541 g/mol. The zero-order valence-corrected chi connectivity index (χ0v) is 22.5. The van der Waals surface area contributed by atoms with Gasteiger partial charge in [-0.15, -0.1) is 0 Å². The predicted octanol–water partition coefficient (Wildman–Crippen LogP) is 7.47. The van der Waals surface area contributed by atoms with Crippen LogP contribution in [0.2, 0.25) is 5.02 Å². The fourth-order valence-corrected chi connectivity index (χ4v) is 6.94. The molecule has 1 saturated carbocycles. The highest BCUT2D eigenvalue weighted by Crippen LogP contribution is 2.44. The molecule has 8 heteroatoms. The minimum atomic E-state index is -1.00. The lowest BCUT2D eigenvalue weighted by Gasteiger charge is -2.38. The molecule has 3 aromatic rings. The highest BCUT2D eigenvalue weighted by molar-refractivity contribution is 8.04. The van der Waals surface area contributed by atoms with Crippen LogP contribution in [0.1, 0.15) is 56.7 Å². The molecule has 0 bridgehead atoms. The van der Waals surface area contributed by atoms with Gasteiger partial charge in [-0.25, -0.2) is 4.98 Å². The van der Waals surface area contributed by atoms with Crippen LogP contribution in [0.3, 0.4) is 0 Å². The standard InChI is InChI=1S/C28H29ClN2O3S2/c1-18(19-8-3-2-4-9-19)34-25-13-7-12-24(30-25)28(20-14-15-35-17-20)16-22(32)26(27(33)31-28)36-23-11-6-5-10-21(23)29/h5-7,10-15,17-19,32H,2-4,8-9,16H2,1H3,(H,31,33). The van der Waals surface area contributed by atoms with Gasteiger partial charge in [0, 0.05) is 17.4 Å². The molecular weight excluding hydrogens is 512 g/mol. The smallest absolute Gasteiger partial charge is 0.262 e. The van der Waals surface area contributed by atoms with Crippen LogP contribution in [0.25, 0.3) is 0 Å².